The highest BCUT2D eigenvalue weighted by atomic mass is 16.8. The third kappa shape index (κ3) is 1.92. The molecule has 2 nitrogen and oxygen atoms in total. The van der Waals surface area contributed by atoms with E-state index in [4.69, 9.17) is 9.47 Å². The van der Waals surface area contributed by atoms with E-state index in [-0.39, 0.29) is 12.2 Å². The lowest BCUT2D eigenvalue weighted by molar-refractivity contribution is -0.166. The number of aryl methyl sites for hydroxylation is 1. The maximum absolute atomic E-state index is 5.86. The van der Waals surface area contributed by atoms with Crippen molar-refractivity contribution in [3.63, 3.8) is 0 Å². The van der Waals surface area contributed by atoms with Gasteiger partial charge < -0.3 is 9.47 Å². The first kappa shape index (κ1) is 10.7. The topological polar surface area (TPSA) is 18.5 Å². The zero-order valence-corrected chi connectivity index (χ0v) is 9.78. The smallest absolute Gasteiger partial charge is 0.192 e. The molecule has 82 valence electrons. The van der Waals surface area contributed by atoms with E-state index >= 15 is 0 Å². The second-order valence-electron chi connectivity index (χ2n) is 4.46. The Balaban J connectivity index is 2.27. The minimum atomic E-state index is -0.577. The molecule has 1 unspecified atom stereocenters. The van der Waals surface area contributed by atoms with E-state index in [1.807, 2.05) is 20.8 Å². The van der Waals surface area contributed by atoms with Gasteiger partial charge in [0.25, 0.3) is 0 Å². The molecule has 0 bridgehead atoms. The highest BCUT2D eigenvalue weighted by Gasteiger charge is 2.41. The zero-order valence-electron chi connectivity index (χ0n) is 9.78. The van der Waals surface area contributed by atoms with Crippen LogP contribution in [0.5, 0.6) is 0 Å². The fourth-order valence-corrected chi connectivity index (χ4v) is 1.92. The van der Waals surface area contributed by atoms with Gasteiger partial charge in [0.05, 0.1) is 12.2 Å². The molecular weight excluding hydrogens is 188 g/mol. The summed E-state index contributed by atoms with van der Waals surface area (Å²) < 4.78 is 11.7. The standard InChI is InChI=1S/C13H18O2/c1-9-5-7-12(8-6-9)13(4)14-10(2)11(3)15-13/h5-8,10-11H,1-4H3/t10-,11+,13?. The van der Waals surface area contributed by atoms with Crippen LogP contribution >= 0.6 is 0 Å². The van der Waals surface area contributed by atoms with Crippen LogP contribution in [0.4, 0.5) is 0 Å². The van der Waals surface area contributed by atoms with E-state index in [2.05, 4.69) is 31.2 Å². The third-order valence-corrected chi connectivity index (χ3v) is 3.06. The van der Waals surface area contributed by atoms with Crippen molar-refractivity contribution in [2.24, 2.45) is 0 Å². The SMILES string of the molecule is Cc1ccc(C2(C)O[C@@H](C)[C@@H](C)O2)cc1. The van der Waals surface area contributed by atoms with E-state index in [1.54, 1.807) is 0 Å². The van der Waals surface area contributed by atoms with E-state index < -0.39 is 5.79 Å². The summed E-state index contributed by atoms with van der Waals surface area (Å²) in [6, 6.07) is 8.31. The van der Waals surface area contributed by atoms with Crippen molar-refractivity contribution >= 4 is 0 Å². The molecule has 0 aliphatic carbocycles. The molecule has 0 aromatic heterocycles. The molecule has 1 aromatic carbocycles. The summed E-state index contributed by atoms with van der Waals surface area (Å²) in [5.74, 6) is -0.577. The van der Waals surface area contributed by atoms with Gasteiger partial charge in [-0.05, 0) is 27.7 Å². The summed E-state index contributed by atoms with van der Waals surface area (Å²) in [5, 5.41) is 0. The van der Waals surface area contributed by atoms with Crippen LogP contribution < -0.4 is 0 Å². The van der Waals surface area contributed by atoms with Gasteiger partial charge in [0, 0.05) is 5.56 Å². The van der Waals surface area contributed by atoms with Gasteiger partial charge >= 0.3 is 0 Å². The zero-order chi connectivity index (χ0) is 11.1. The molecule has 1 aliphatic heterocycles. The minimum Gasteiger partial charge on any atom is -0.340 e. The van der Waals surface area contributed by atoms with Crippen molar-refractivity contribution in [2.45, 2.75) is 45.7 Å². The fourth-order valence-electron chi connectivity index (χ4n) is 1.92. The Labute approximate surface area is 91.2 Å². The van der Waals surface area contributed by atoms with Crippen molar-refractivity contribution in [2.75, 3.05) is 0 Å². The van der Waals surface area contributed by atoms with Crippen molar-refractivity contribution in [3.05, 3.63) is 35.4 Å². The van der Waals surface area contributed by atoms with Gasteiger partial charge in [0.1, 0.15) is 0 Å². The Hall–Kier alpha value is -0.860. The maximum atomic E-state index is 5.86. The summed E-state index contributed by atoms with van der Waals surface area (Å²) in [5.41, 5.74) is 2.34. The van der Waals surface area contributed by atoms with Crippen LogP contribution in [-0.4, -0.2) is 12.2 Å². The van der Waals surface area contributed by atoms with Gasteiger partial charge in [0.2, 0.25) is 0 Å². The first-order valence-electron chi connectivity index (χ1n) is 5.44. The molecule has 2 heteroatoms. The van der Waals surface area contributed by atoms with Crippen molar-refractivity contribution < 1.29 is 9.47 Å². The number of ether oxygens (including phenoxy) is 2. The van der Waals surface area contributed by atoms with Gasteiger partial charge in [-0.15, -0.1) is 0 Å². The molecule has 3 atom stereocenters. The van der Waals surface area contributed by atoms with E-state index in [1.165, 1.54) is 5.56 Å². The summed E-state index contributed by atoms with van der Waals surface area (Å²) in [6.07, 6.45) is 0.299. The quantitative estimate of drug-likeness (QED) is 0.703. The van der Waals surface area contributed by atoms with E-state index in [0.29, 0.717) is 0 Å². The van der Waals surface area contributed by atoms with E-state index in [0.717, 1.165) is 5.56 Å². The van der Waals surface area contributed by atoms with Crippen LogP contribution in [0.3, 0.4) is 0 Å². The third-order valence-electron chi connectivity index (χ3n) is 3.06. The Morgan fingerprint density at radius 2 is 1.47 bits per heavy atom. The largest absolute Gasteiger partial charge is 0.340 e. The molecule has 1 aromatic rings. The maximum Gasteiger partial charge on any atom is 0.192 e. The minimum absolute atomic E-state index is 0.149. The van der Waals surface area contributed by atoms with Crippen molar-refractivity contribution in [3.8, 4) is 0 Å². The monoisotopic (exact) mass is 206 g/mol. The predicted octanol–water partition coefficient (Wildman–Crippen LogP) is 2.99. The van der Waals surface area contributed by atoms with Gasteiger partial charge in [-0.25, -0.2) is 0 Å². The molecule has 1 aliphatic rings. The Morgan fingerprint density at radius 1 is 1.00 bits per heavy atom. The lowest BCUT2D eigenvalue weighted by Gasteiger charge is -2.23. The molecule has 1 fully saturated rings. The number of benzene rings is 1. The molecule has 0 spiro atoms. The van der Waals surface area contributed by atoms with Crippen LogP contribution in [0.25, 0.3) is 0 Å². The van der Waals surface area contributed by atoms with Gasteiger partial charge in [0.15, 0.2) is 5.79 Å². The molecule has 0 radical (unpaired) electrons. The van der Waals surface area contributed by atoms with Crippen LogP contribution in [0.2, 0.25) is 0 Å². The molecule has 2 rings (SSSR count). The molecule has 0 N–H and O–H groups in total. The summed E-state index contributed by atoms with van der Waals surface area (Å²) in [6.45, 7) is 8.15. The molecule has 15 heavy (non-hydrogen) atoms. The summed E-state index contributed by atoms with van der Waals surface area (Å²) in [4.78, 5) is 0. The van der Waals surface area contributed by atoms with Crippen LogP contribution in [0, 0.1) is 6.92 Å². The van der Waals surface area contributed by atoms with E-state index in [9.17, 15) is 0 Å². The predicted molar refractivity (Wildman–Crippen MR) is 59.6 cm³/mol. The van der Waals surface area contributed by atoms with Crippen LogP contribution in [0.1, 0.15) is 31.9 Å². The Morgan fingerprint density at radius 3 is 1.93 bits per heavy atom. The molecule has 1 heterocycles. The van der Waals surface area contributed by atoms with Gasteiger partial charge in [-0.3, -0.25) is 0 Å². The van der Waals surface area contributed by atoms with Gasteiger partial charge in [-0.1, -0.05) is 29.8 Å². The first-order chi connectivity index (χ1) is 7.01. The Kier molecular flexibility index (Phi) is 2.57. The molecule has 0 amide bonds. The van der Waals surface area contributed by atoms with Crippen LogP contribution in [0.15, 0.2) is 24.3 Å². The van der Waals surface area contributed by atoms with Crippen molar-refractivity contribution in [1.82, 2.24) is 0 Å². The lowest BCUT2D eigenvalue weighted by atomic mass is 10.1. The highest BCUT2D eigenvalue weighted by Crippen LogP contribution is 2.36. The highest BCUT2D eigenvalue weighted by molar-refractivity contribution is 5.25. The van der Waals surface area contributed by atoms with Crippen LogP contribution in [-0.2, 0) is 15.3 Å². The summed E-state index contributed by atoms with van der Waals surface area (Å²) in [7, 11) is 0. The van der Waals surface area contributed by atoms with Crippen molar-refractivity contribution in [1.29, 1.82) is 0 Å². The average molecular weight is 206 g/mol. The number of hydrogen-bond acceptors (Lipinski definition) is 2. The first-order valence-corrected chi connectivity index (χ1v) is 5.44. The molecule has 0 saturated carbocycles. The fraction of sp³-hybridized carbons (Fsp3) is 0.538. The molecule has 1 saturated heterocycles. The Bertz CT molecular complexity index is 332. The number of rotatable bonds is 1. The number of hydrogen-bond donors (Lipinski definition) is 0. The lowest BCUT2D eigenvalue weighted by Crippen LogP contribution is -2.23. The summed E-state index contributed by atoms with van der Waals surface area (Å²) >= 11 is 0. The molecular formula is C13H18O2. The second kappa shape index (κ2) is 3.62. The average Bonchev–Trinajstić information content (AvgIpc) is 2.43. The normalized spacial score (nSPS) is 35.7. The van der Waals surface area contributed by atoms with Gasteiger partial charge in [-0.2, -0.15) is 0 Å². The second-order valence-corrected chi connectivity index (χ2v) is 4.46.